The maximum absolute atomic E-state index is 12.5. The molecule has 0 aromatic heterocycles. The Morgan fingerprint density at radius 2 is 1.74 bits per heavy atom. The molecule has 23 heavy (non-hydrogen) atoms. The molecule has 4 heteroatoms. The van der Waals surface area contributed by atoms with Crippen molar-refractivity contribution in [3.8, 4) is 0 Å². The van der Waals surface area contributed by atoms with Crippen molar-refractivity contribution in [3.05, 3.63) is 65.2 Å². The van der Waals surface area contributed by atoms with Gasteiger partial charge < -0.3 is 14.8 Å². The molecule has 0 aliphatic carbocycles. The van der Waals surface area contributed by atoms with E-state index in [1.165, 1.54) is 0 Å². The molecular formula is C19H18NO3-. The van der Waals surface area contributed by atoms with Crippen molar-refractivity contribution < 1.29 is 14.7 Å². The van der Waals surface area contributed by atoms with Crippen molar-refractivity contribution in [2.24, 2.45) is 5.92 Å². The maximum Gasteiger partial charge on any atom is 0.258 e. The molecule has 0 spiro atoms. The van der Waals surface area contributed by atoms with Gasteiger partial charge in [0.25, 0.3) is 5.91 Å². The van der Waals surface area contributed by atoms with Crippen LogP contribution in [0.5, 0.6) is 0 Å². The van der Waals surface area contributed by atoms with Crippen LogP contribution in [0.4, 0.5) is 5.69 Å². The second-order valence-corrected chi connectivity index (χ2v) is 6.18. The highest BCUT2D eigenvalue weighted by Crippen LogP contribution is 2.30. The van der Waals surface area contributed by atoms with Gasteiger partial charge in [-0.3, -0.25) is 4.79 Å². The molecule has 0 N–H and O–H groups in total. The second kappa shape index (κ2) is 5.88. The van der Waals surface area contributed by atoms with Crippen LogP contribution in [0.2, 0.25) is 0 Å². The highest BCUT2D eigenvalue weighted by atomic mass is 16.4. The summed E-state index contributed by atoms with van der Waals surface area (Å²) < 4.78 is 0. The molecule has 0 saturated heterocycles. The van der Waals surface area contributed by atoms with Crippen molar-refractivity contribution in [2.75, 3.05) is 4.90 Å². The van der Waals surface area contributed by atoms with Crippen LogP contribution in [-0.2, 0) is 11.3 Å². The molecule has 2 aromatic rings. The third kappa shape index (κ3) is 2.72. The minimum absolute atomic E-state index is 0.0198. The Morgan fingerprint density at radius 3 is 2.30 bits per heavy atom. The lowest BCUT2D eigenvalue weighted by molar-refractivity contribution is -0.309. The quantitative estimate of drug-likeness (QED) is 0.871. The SMILES string of the molecule is CC(C)[C@@H](C(=O)[O-])c1ccc(N2Cc3ccccc3C2=O)cc1. The fourth-order valence-electron chi connectivity index (χ4n) is 3.12. The number of carbonyl (C=O) groups is 2. The summed E-state index contributed by atoms with van der Waals surface area (Å²) in [5.41, 5.74) is 3.21. The molecule has 118 valence electrons. The van der Waals surface area contributed by atoms with Crippen molar-refractivity contribution >= 4 is 17.6 Å². The first-order valence-corrected chi connectivity index (χ1v) is 7.69. The lowest BCUT2D eigenvalue weighted by Gasteiger charge is -2.23. The van der Waals surface area contributed by atoms with E-state index >= 15 is 0 Å². The highest BCUT2D eigenvalue weighted by molar-refractivity contribution is 6.09. The average Bonchev–Trinajstić information content (AvgIpc) is 2.85. The standard InChI is InChI=1S/C19H19NO3/c1-12(2)17(19(22)23)13-7-9-15(10-8-13)20-11-14-5-3-4-6-16(14)18(20)21/h3-10,12,17H,11H2,1-2H3,(H,22,23)/p-1/t17-/m1/s1. The second-order valence-electron chi connectivity index (χ2n) is 6.18. The number of aliphatic carboxylic acids is 1. The van der Waals surface area contributed by atoms with Crippen molar-refractivity contribution in [1.29, 1.82) is 0 Å². The Kier molecular flexibility index (Phi) is 3.90. The summed E-state index contributed by atoms with van der Waals surface area (Å²) in [6.45, 7) is 4.26. The topological polar surface area (TPSA) is 60.4 Å². The van der Waals surface area contributed by atoms with Crippen LogP contribution in [0.1, 0.15) is 41.3 Å². The first-order chi connectivity index (χ1) is 11.0. The van der Waals surface area contributed by atoms with E-state index in [9.17, 15) is 14.7 Å². The predicted molar refractivity (Wildman–Crippen MR) is 86.0 cm³/mol. The number of rotatable bonds is 4. The van der Waals surface area contributed by atoms with Crippen LogP contribution in [-0.4, -0.2) is 11.9 Å². The summed E-state index contributed by atoms with van der Waals surface area (Å²) >= 11 is 0. The van der Waals surface area contributed by atoms with Crippen LogP contribution >= 0.6 is 0 Å². The number of amides is 1. The number of benzene rings is 2. The molecule has 0 unspecified atom stereocenters. The Balaban J connectivity index is 1.87. The van der Waals surface area contributed by atoms with Crippen LogP contribution in [0, 0.1) is 5.92 Å². The summed E-state index contributed by atoms with van der Waals surface area (Å²) in [5.74, 6) is -1.79. The largest absolute Gasteiger partial charge is 0.549 e. The van der Waals surface area contributed by atoms with Gasteiger partial charge in [0.1, 0.15) is 0 Å². The van der Waals surface area contributed by atoms with E-state index < -0.39 is 11.9 Å². The van der Waals surface area contributed by atoms with Crippen LogP contribution in [0.3, 0.4) is 0 Å². The lowest BCUT2D eigenvalue weighted by Crippen LogP contribution is -2.32. The number of fused-ring (bicyclic) bond motifs is 1. The molecule has 0 bridgehead atoms. The summed E-state index contributed by atoms with van der Waals surface area (Å²) in [4.78, 5) is 25.5. The Hall–Kier alpha value is -2.62. The zero-order chi connectivity index (χ0) is 16.6. The van der Waals surface area contributed by atoms with Crippen LogP contribution in [0.15, 0.2) is 48.5 Å². The summed E-state index contributed by atoms with van der Waals surface area (Å²) in [6.07, 6.45) is 0. The fraction of sp³-hybridized carbons (Fsp3) is 0.263. The van der Waals surface area contributed by atoms with Gasteiger partial charge in [-0.05, 0) is 35.2 Å². The van der Waals surface area contributed by atoms with E-state index in [4.69, 9.17) is 0 Å². The van der Waals surface area contributed by atoms with E-state index in [0.717, 1.165) is 16.8 Å². The number of anilines is 1. The number of hydrogen-bond acceptors (Lipinski definition) is 3. The van der Waals surface area contributed by atoms with Crippen LogP contribution < -0.4 is 10.0 Å². The summed E-state index contributed by atoms with van der Waals surface area (Å²) in [5, 5.41) is 11.3. The predicted octanol–water partition coefficient (Wildman–Crippen LogP) is 2.34. The molecule has 0 fully saturated rings. The molecular weight excluding hydrogens is 290 g/mol. The first-order valence-electron chi connectivity index (χ1n) is 7.69. The van der Waals surface area contributed by atoms with Gasteiger partial charge in [-0.15, -0.1) is 0 Å². The molecule has 3 rings (SSSR count). The normalized spacial score (nSPS) is 14.9. The van der Waals surface area contributed by atoms with E-state index in [-0.39, 0.29) is 11.8 Å². The first kappa shape index (κ1) is 15.3. The molecule has 0 radical (unpaired) electrons. The molecule has 1 heterocycles. The minimum atomic E-state index is -1.07. The Labute approximate surface area is 135 Å². The van der Waals surface area contributed by atoms with Crippen molar-refractivity contribution in [1.82, 2.24) is 0 Å². The van der Waals surface area contributed by atoms with Crippen molar-refractivity contribution in [3.63, 3.8) is 0 Å². The van der Waals surface area contributed by atoms with Gasteiger partial charge in [0.05, 0.1) is 6.54 Å². The number of carboxylic acids is 1. The molecule has 2 aromatic carbocycles. The fourth-order valence-corrected chi connectivity index (χ4v) is 3.12. The van der Waals surface area contributed by atoms with Crippen LogP contribution in [0.25, 0.3) is 0 Å². The molecule has 4 nitrogen and oxygen atoms in total. The molecule has 0 saturated carbocycles. The van der Waals surface area contributed by atoms with Gasteiger partial charge in [0, 0.05) is 23.1 Å². The maximum atomic E-state index is 12.5. The van der Waals surface area contributed by atoms with Gasteiger partial charge in [0.15, 0.2) is 0 Å². The van der Waals surface area contributed by atoms with E-state index in [2.05, 4.69) is 0 Å². The smallest absolute Gasteiger partial charge is 0.258 e. The third-order valence-corrected chi connectivity index (χ3v) is 4.31. The molecule has 1 aliphatic heterocycles. The van der Waals surface area contributed by atoms with Gasteiger partial charge in [-0.25, -0.2) is 0 Å². The third-order valence-electron chi connectivity index (χ3n) is 4.31. The lowest BCUT2D eigenvalue weighted by atomic mass is 9.88. The Bertz CT molecular complexity index is 749. The highest BCUT2D eigenvalue weighted by Gasteiger charge is 2.28. The zero-order valence-corrected chi connectivity index (χ0v) is 13.2. The molecule has 1 atom stereocenters. The monoisotopic (exact) mass is 308 g/mol. The summed E-state index contributed by atoms with van der Waals surface area (Å²) in [6, 6.07) is 14.7. The number of carboxylic acid groups (broad SMARTS) is 1. The number of carbonyl (C=O) groups excluding carboxylic acids is 2. The van der Waals surface area contributed by atoms with Gasteiger partial charge in [-0.2, -0.15) is 0 Å². The Morgan fingerprint density at radius 1 is 1.09 bits per heavy atom. The van der Waals surface area contributed by atoms with Gasteiger partial charge >= 0.3 is 0 Å². The van der Waals surface area contributed by atoms with E-state index in [1.54, 1.807) is 29.2 Å². The summed E-state index contributed by atoms with van der Waals surface area (Å²) in [7, 11) is 0. The van der Waals surface area contributed by atoms with E-state index in [0.29, 0.717) is 12.1 Å². The molecule has 1 amide bonds. The zero-order valence-electron chi connectivity index (χ0n) is 13.2. The van der Waals surface area contributed by atoms with Gasteiger partial charge in [-0.1, -0.05) is 44.2 Å². The van der Waals surface area contributed by atoms with E-state index in [1.807, 2.05) is 38.1 Å². The van der Waals surface area contributed by atoms with Crippen molar-refractivity contribution in [2.45, 2.75) is 26.3 Å². The van der Waals surface area contributed by atoms with Gasteiger partial charge in [0.2, 0.25) is 0 Å². The minimum Gasteiger partial charge on any atom is -0.549 e. The number of hydrogen-bond donors (Lipinski definition) is 0. The average molecular weight is 308 g/mol. The number of nitrogens with zero attached hydrogens (tertiary/aromatic N) is 1. The molecule has 1 aliphatic rings.